The van der Waals surface area contributed by atoms with Gasteiger partial charge in [-0.25, -0.2) is 5.43 Å². The van der Waals surface area contributed by atoms with Crippen molar-refractivity contribution >= 4 is 0 Å². The fourth-order valence-electron chi connectivity index (χ4n) is 2.06. The molecule has 0 aliphatic rings. The van der Waals surface area contributed by atoms with Gasteiger partial charge in [-0.05, 0) is 18.6 Å². The lowest BCUT2D eigenvalue weighted by Crippen LogP contribution is -2.30. The Bertz CT molecular complexity index is 597. The number of hydrogen-bond donors (Lipinski definition) is 2. The predicted molar refractivity (Wildman–Crippen MR) is 73.5 cm³/mol. The van der Waals surface area contributed by atoms with Crippen molar-refractivity contribution in [1.82, 2.24) is 5.43 Å². The minimum absolute atomic E-state index is 0.270. The Labute approximate surface area is 120 Å². The topological polar surface area (TPSA) is 47.3 Å². The number of hydrogen-bond acceptors (Lipinski definition) is 3. The van der Waals surface area contributed by atoms with Crippen LogP contribution in [0.25, 0.3) is 0 Å². The highest BCUT2D eigenvalue weighted by Gasteiger charge is 2.33. The standard InChI is InChI=1S/C15H15F3N2O/c1-10-6-8-11(9-7-10)14(20-19)12-4-2-3-5-13(12)21-15(16,17)18/h2-9,14,20H,19H2,1H3. The van der Waals surface area contributed by atoms with E-state index in [-0.39, 0.29) is 5.75 Å². The lowest BCUT2D eigenvalue weighted by atomic mass is 9.97. The van der Waals surface area contributed by atoms with Crippen molar-refractivity contribution < 1.29 is 17.9 Å². The third-order valence-electron chi connectivity index (χ3n) is 3.03. The van der Waals surface area contributed by atoms with Gasteiger partial charge in [0.25, 0.3) is 0 Å². The highest BCUT2D eigenvalue weighted by Crippen LogP contribution is 2.33. The molecule has 0 fully saturated rings. The average Bonchev–Trinajstić information content (AvgIpc) is 2.42. The summed E-state index contributed by atoms with van der Waals surface area (Å²) < 4.78 is 41.5. The number of nitrogens with two attached hydrogens (primary N) is 1. The lowest BCUT2D eigenvalue weighted by molar-refractivity contribution is -0.275. The van der Waals surface area contributed by atoms with E-state index in [0.717, 1.165) is 11.1 Å². The number of benzene rings is 2. The third-order valence-corrected chi connectivity index (χ3v) is 3.03. The Morgan fingerprint density at radius 2 is 1.67 bits per heavy atom. The fraction of sp³-hybridized carbons (Fsp3) is 0.200. The number of rotatable bonds is 4. The quantitative estimate of drug-likeness (QED) is 0.671. The molecule has 0 radical (unpaired) electrons. The molecule has 112 valence electrons. The predicted octanol–water partition coefficient (Wildman–Crippen LogP) is 3.45. The van der Waals surface area contributed by atoms with E-state index in [1.807, 2.05) is 31.2 Å². The SMILES string of the molecule is Cc1ccc(C(NN)c2ccccc2OC(F)(F)F)cc1. The van der Waals surface area contributed by atoms with E-state index < -0.39 is 12.4 Å². The molecule has 2 rings (SSSR count). The summed E-state index contributed by atoms with van der Waals surface area (Å²) in [5.41, 5.74) is 4.65. The van der Waals surface area contributed by atoms with Crippen molar-refractivity contribution in [3.63, 3.8) is 0 Å². The molecule has 0 saturated carbocycles. The van der Waals surface area contributed by atoms with Crippen LogP contribution in [0.5, 0.6) is 5.75 Å². The molecule has 0 amide bonds. The summed E-state index contributed by atoms with van der Waals surface area (Å²) in [6.07, 6.45) is -4.75. The van der Waals surface area contributed by atoms with E-state index >= 15 is 0 Å². The van der Waals surface area contributed by atoms with Crippen LogP contribution >= 0.6 is 0 Å². The van der Waals surface area contributed by atoms with Gasteiger partial charge in [0.1, 0.15) is 5.75 Å². The second kappa shape index (κ2) is 6.15. The zero-order valence-electron chi connectivity index (χ0n) is 11.3. The summed E-state index contributed by atoms with van der Waals surface area (Å²) in [5.74, 6) is 5.25. The van der Waals surface area contributed by atoms with E-state index in [9.17, 15) is 13.2 Å². The number of aryl methyl sites for hydroxylation is 1. The van der Waals surface area contributed by atoms with Gasteiger partial charge in [0.2, 0.25) is 0 Å². The van der Waals surface area contributed by atoms with Crippen LogP contribution in [-0.2, 0) is 0 Å². The van der Waals surface area contributed by atoms with Crippen molar-refractivity contribution in [2.45, 2.75) is 19.3 Å². The van der Waals surface area contributed by atoms with Crippen molar-refractivity contribution in [2.24, 2.45) is 5.84 Å². The van der Waals surface area contributed by atoms with Gasteiger partial charge in [-0.3, -0.25) is 5.84 Å². The minimum atomic E-state index is -4.75. The van der Waals surface area contributed by atoms with Crippen LogP contribution < -0.4 is 16.0 Å². The zero-order valence-corrected chi connectivity index (χ0v) is 11.3. The molecule has 0 spiro atoms. The maximum absolute atomic E-state index is 12.5. The minimum Gasteiger partial charge on any atom is -0.405 e. The van der Waals surface area contributed by atoms with Crippen LogP contribution in [0.2, 0.25) is 0 Å². The number of alkyl halides is 3. The molecule has 2 aromatic carbocycles. The summed E-state index contributed by atoms with van der Waals surface area (Å²) >= 11 is 0. The van der Waals surface area contributed by atoms with E-state index in [1.54, 1.807) is 12.1 Å². The molecule has 0 saturated heterocycles. The highest BCUT2D eigenvalue weighted by atomic mass is 19.4. The van der Waals surface area contributed by atoms with Gasteiger partial charge >= 0.3 is 6.36 Å². The second-order valence-corrected chi connectivity index (χ2v) is 4.60. The first kappa shape index (κ1) is 15.3. The first-order valence-corrected chi connectivity index (χ1v) is 6.28. The van der Waals surface area contributed by atoms with E-state index in [1.165, 1.54) is 12.1 Å². The van der Waals surface area contributed by atoms with Crippen molar-refractivity contribution in [3.05, 3.63) is 65.2 Å². The summed E-state index contributed by atoms with van der Waals surface area (Å²) in [5, 5.41) is 0. The van der Waals surface area contributed by atoms with Gasteiger partial charge in [0.05, 0.1) is 6.04 Å². The number of para-hydroxylation sites is 1. The molecule has 0 heterocycles. The third kappa shape index (κ3) is 3.96. The van der Waals surface area contributed by atoms with Gasteiger partial charge in [-0.2, -0.15) is 0 Å². The summed E-state index contributed by atoms with van der Waals surface area (Å²) in [4.78, 5) is 0. The molecule has 0 bridgehead atoms. The van der Waals surface area contributed by atoms with Crippen LogP contribution in [0, 0.1) is 6.92 Å². The second-order valence-electron chi connectivity index (χ2n) is 4.60. The monoisotopic (exact) mass is 296 g/mol. The lowest BCUT2D eigenvalue weighted by Gasteiger charge is -2.21. The van der Waals surface area contributed by atoms with Crippen molar-refractivity contribution in [3.8, 4) is 5.75 Å². The highest BCUT2D eigenvalue weighted by molar-refractivity contribution is 5.42. The first-order valence-electron chi connectivity index (χ1n) is 6.28. The first-order chi connectivity index (χ1) is 9.90. The Hall–Kier alpha value is -2.05. The molecule has 0 aliphatic heterocycles. The summed E-state index contributed by atoms with van der Waals surface area (Å²) in [6, 6.07) is 12.7. The molecule has 0 aromatic heterocycles. The van der Waals surface area contributed by atoms with Crippen molar-refractivity contribution in [2.75, 3.05) is 0 Å². The largest absolute Gasteiger partial charge is 0.573 e. The van der Waals surface area contributed by atoms with Crippen LogP contribution in [0.15, 0.2) is 48.5 Å². The molecule has 3 nitrogen and oxygen atoms in total. The molecular weight excluding hydrogens is 281 g/mol. The maximum atomic E-state index is 12.5. The van der Waals surface area contributed by atoms with Crippen LogP contribution in [-0.4, -0.2) is 6.36 Å². The molecule has 0 aliphatic carbocycles. The smallest absolute Gasteiger partial charge is 0.405 e. The number of nitrogens with one attached hydrogen (secondary N) is 1. The van der Waals surface area contributed by atoms with E-state index in [4.69, 9.17) is 5.84 Å². The molecular formula is C15H15F3N2O. The van der Waals surface area contributed by atoms with E-state index in [0.29, 0.717) is 5.56 Å². The van der Waals surface area contributed by atoms with Gasteiger partial charge < -0.3 is 4.74 Å². The van der Waals surface area contributed by atoms with Gasteiger partial charge in [-0.15, -0.1) is 13.2 Å². The van der Waals surface area contributed by atoms with Crippen LogP contribution in [0.3, 0.4) is 0 Å². The normalized spacial score (nSPS) is 13.0. The van der Waals surface area contributed by atoms with Gasteiger partial charge in [0, 0.05) is 5.56 Å². The zero-order chi connectivity index (χ0) is 15.5. The van der Waals surface area contributed by atoms with Gasteiger partial charge in [0.15, 0.2) is 0 Å². The number of halogens is 3. The van der Waals surface area contributed by atoms with Crippen molar-refractivity contribution in [1.29, 1.82) is 0 Å². The van der Waals surface area contributed by atoms with Crippen LogP contribution in [0.4, 0.5) is 13.2 Å². The van der Waals surface area contributed by atoms with Crippen LogP contribution in [0.1, 0.15) is 22.7 Å². The van der Waals surface area contributed by atoms with Gasteiger partial charge in [-0.1, -0.05) is 48.0 Å². The molecule has 3 N–H and O–H groups in total. The van der Waals surface area contributed by atoms with E-state index in [2.05, 4.69) is 10.2 Å². The molecule has 1 atom stereocenters. The number of hydrazine groups is 1. The molecule has 1 unspecified atom stereocenters. The Kier molecular flexibility index (Phi) is 4.50. The molecule has 2 aromatic rings. The Morgan fingerprint density at radius 1 is 1.05 bits per heavy atom. The maximum Gasteiger partial charge on any atom is 0.573 e. The number of ether oxygens (including phenoxy) is 1. The Balaban J connectivity index is 2.40. The molecule has 21 heavy (non-hydrogen) atoms. The summed E-state index contributed by atoms with van der Waals surface area (Å²) in [7, 11) is 0. The fourth-order valence-corrected chi connectivity index (χ4v) is 2.06. The average molecular weight is 296 g/mol. The molecule has 6 heteroatoms. The Morgan fingerprint density at radius 3 is 2.24 bits per heavy atom. The summed E-state index contributed by atoms with van der Waals surface area (Å²) in [6.45, 7) is 1.93.